The van der Waals surface area contributed by atoms with Crippen molar-refractivity contribution in [3.05, 3.63) is 24.3 Å². The van der Waals surface area contributed by atoms with Gasteiger partial charge in [-0.2, -0.15) is 0 Å². The maximum Gasteiger partial charge on any atom is 0.239 e. The number of carbonyl (C=O) groups is 2. The first-order chi connectivity index (χ1) is 10.0. The van der Waals surface area contributed by atoms with Crippen molar-refractivity contribution < 1.29 is 9.59 Å². The van der Waals surface area contributed by atoms with Crippen molar-refractivity contribution in [3.8, 4) is 0 Å². The number of benzene rings is 1. The number of imidazole rings is 1. The van der Waals surface area contributed by atoms with Gasteiger partial charge in [-0.3, -0.25) is 9.59 Å². The topological polar surface area (TPSA) is 86.9 Å². The van der Waals surface area contributed by atoms with Crippen LogP contribution in [0.4, 0.5) is 0 Å². The summed E-state index contributed by atoms with van der Waals surface area (Å²) >= 11 is 1.31. The van der Waals surface area contributed by atoms with E-state index in [0.717, 1.165) is 11.0 Å². The third-order valence-electron chi connectivity index (χ3n) is 2.60. The Morgan fingerprint density at radius 3 is 2.76 bits per heavy atom. The molecule has 0 atom stereocenters. The summed E-state index contributed by atoms with van der Waals surface area (Å²) in [5.41, 5.74) is 1.81. The highest BCUT2D eigenvalue weighted by Gasteiger charge is 2.09. The highest BCUT2D eigenvalue weighted by atomic mass is 32.2. The molecule has 0 unspecified atom stereocenters. The molecule has 7 heteroatoms. The van der Waals surface area contributed by atoms with Gasteiger partial charge in [0.15, 0.2) is 5.16 Å². The molecule has 1 heterocycles. The van der Waals surface area contributed by atoms with E-state index in [1.807, 2.05) is 38.1 Å². The molecule has 2 rings (SSSR count). The van der Waals surface area contributed by atoms with E-state index in [-0.39, 0.29) is 30.2 Å². The first-order valence-electron chi connectivity index (χ1n) is 6.68. The predicted octanol–water partition coefficient (Wildman–Crippen LogP) is 1.30. The Bertz CT molecular complexity index is 606. The molecule has 0 aliphatic heterocycles. The number of amides is 2. The van der Waals surface area contributed by atoms with Gasteiger partial charge in [0.1, 0.15) is 0 Å². The molecule has 2 aromatic rings. The summed E-state index contributed by atoms with van der Waals surface area (Å²) in [5, 5.41) is 5.98. The summed E-state index contributed by atoms with van der Waals surface area (Å²) in [7, 11) is 0. The highest BCUT2D eigenvalue weighted by molar-refractivity contribution is 7.99. The fourth-order valence-corrected chi connectivity index (χ4v) is 2.45. The van der Waals surface area contributed by atoms with Crippen LogP contribution in [-0.4, -0.2) is 40.1 Å². The van der Waals surface area contributed by atoms with Gasteiger partial charge in [0.2, 0.25) is 11.8 Å². The number of nitrogens with zero attached hydrogens (tertiary/aromatic N) is 1. The molecule has 0 aliphatic rings. The molecule has 1 aromatic heterocycles. The third kappa shape index (κ3) is 4.78. The zero-order valence-corrected chi connectivity index (χ0v) is 12.8. The quantitative estimate of drug-likeness (QED) is 0.702. The Morgan fingerprint density at radius 2 is 2.05 bits per heavy atom. The van der Waals surface area contributed by atoms with Crippen molar-refractivity contribution in [3.63, 3.8) is 0 Å². The van der Waals surface area contributed by atoms with Gasteiger partial charge in [-0.1, -0.05) is 23.9 Å². The zero-order chi connectivity index (χ0) is 15.2. The van der Waals surface area contributed by atoms with Crippen LogP contribution < -0.4 is 10.6 Å². The second-order valence-electron chi connectivity index (χ2n) is 4.85. The van der Waals surface area contributed by atoms with Crippen molar-refractivity contribution in [2.24, 2.45) is 0 Å². The number of hydrogen-bond acceptors (Lipinski definition) is 4. The van der Waals surface area contributed by atoms with Crippen LogP contribution >= 0.6 is 11.8 Å². The van der Waals surface area contributed by atoms with Gasteiger partial charge in [0.05, 0.1) is 23.3 Å². The van der Waals surface area contributed by atoms with Gasteiger partial charge in [-0.25, -0.2) is 4.98 Å². The average Bonchev–Trinajstić information content (AvgIpc) is 2.85. The minimum Gasteiger partial charge on any atom is -0.352 e. The number of carbonyl (C=O) groups excluding carboxylic acids is 2. The molecule has 6 nitrogen and oxygen atoms in total. The molecular formula is C14H18N4O2S. The predicted molar refractivity (Wildman–Crippen MR) is 83.1 cm³/mol. The number of thioether (sulfide) groups is 1. The van der Waals surface area contributed by atoms with Gasteiger partial charge in [0.25, 0.3) is 0 Å². The standard InChI is InChI=1S/C14H18N4O2S/c1-9(2)16-12(19)7-15-13(20)8-21-14-17-10-5-3-4-6-11(10)18-14/h3-6,9H,7-8H2,1-2H3,(H,15,20)(H,16,19)(H,17,18). The Labute approximate surface area is 127 Å². The number of hydrogen-bond donors (Lipinski definition) is 3. The lowest BCUT2D eigenvalue weighted by molar-refractivity contribution is -0.125. The van der Waals surface area contributed by atoms with Crippen molar-refractivity contribution in [2.45, 2.75) is 25.0 Å². The molecule has 3 N–H and O–H groups in total. The molecule has 0 spiro atoms. The number of para-hydroxylation sites is 2. The molecule has 1 aromatic carbocycles. The lowest BCUT2D eigenvalue weighted by Gasteiger charge is -2.08. The molecule has 0 saturated carbocycles. The summed E-state index contributed by atoms with van der Waals surface area (Å²) in [6.45, 7) is 3.74. The van der Waals surface area contributed by atoms with E-state index in [9.17, 15) is 9.59 Å². The lowest BCUT2D eigenvalue weighted by Crippen LogP contribution is -2.40. The fourth-order valence-electron chi connectivity index (χ4n) is 1.73. The number of nitrogens with one attached hydrogen (secondary N) is 3. The Kier molecular flexibility index (Phi) is 5.21. The minimum absolute atomic E-state index is 0.00228. The van der Waals surface area contributed by atoms with Crippen LogP contribution in [-0.2, 0) is 9.59 Å². The summed E-state index contributed by atoms with van der Waals surface area (Å²) in [4.78, 5) is 30.6. The Balaban J connectivity index is 1.77. The van der Waals surface area contributed by atoms with Crippen molar-refractivity contribution in [1.29, 1.82) is 0 Å². The number of rotatable bonds is 6. The number of fused-ring (bicyclic) bond motifs is 1. The van der Waals surface area contributed by atoms with E-state index in [1.165, 1.54) is 11.8 Å². The molecule has 112 valence electrons. The Morgan fingerprint density at radius 1 is 1.29 bits per heavy atom. The van der Waals surface area contributed by atoms with E-state index >= 15 is 0 Å². The summed E-state index contributed by atoms with van der Waals surface area (Å²) in [6.07, 6.45) is 0. The van der Waals surface area contributed by atoms with E-state index in [4.69, 9.17) is 0 Å². The smallest absolute Gasteiger partial charge is 0.239 e. The van der Waals surface area contributed by atoms with Crippen molar-refractivity contribution >= 4 is 34.6 Å². The number of aromatic amines is 1. The molecule has 0 aliphatic carbocycles. The molecule has 0 fully saturated rings. The van der Waals surface area contributed by atoms with Crippen molar-refractivity contribution in [2.75, 3.05) is 12.3 Å². The van der Waals surface area contributed by atoms with E-state index in [0.29, 0.717) is 5.16 Å². The van der Waals surface area contributed by atoms with Gasteiger partial charge < -0.3 is 15.6 Å². The Hall–Kier alpha value is -2.02. The SMILES string of the molecule is CC(C)NC(=O)CNC(=O)CSc1nc2ccccc2[nH]1. The van der Waals surface area contributed by atoms with E-state index < -0.39 is 0 Å². The van der Waals surface area contributed by atoms with Crippen LogP contribution in [0.25, 0.3) is 11.0 Å². The van der Waals surface area contributed by atoms with Crippen LogP contribution in [0.1, 0.15) is 13.8 Å². The molecule has 0 radical (unpaired) electrons. The van der Waals surface area contributed by atoms with E-state index in [2.05, 4.69) is 20.6 Å². The number of aromatic nitrogens is 2. The monoisotopic (exact) mass is 306 g/mol. The van der Waals surface area contributed by atoms with Crippen LogP contribution in [0.15, 0.2) is 29.4 Å². The van der Waals surface area contributed by atoms with Crippen LogP contribution in [0.2, 0.25) is 0 Å². The second-order valence-corrected chi connectivity index (χ2v) is 5.81. The van der Waals surface area contributed by atoms with Crippen molar-refractivity contribution in [1.82, 2.24) is 20.6 Å². The molecule has 2 amide bonds. The normalized spacial score (nSPS) is 10.8. The zero-order valence-electron chi connectivity index (χ0n) is 12.0. The first-order valence-corrected chi connectivity index (χ1v) is 7.67. The average molecular weight is 306 g/mol. The van der Waals surface area contributed by atoms with Crippen LogP contribution in [0, 0.1) is 0 Å². The molecule has 21 heavy (non-hydrogen) atoms. The van der Waals surface area contributed by atoms with Gasteiger partial charge in [-0.15, -0.1) is 0 Å². The van der Waals surface area contributed by atoms with Crippen LogP contribution in [0.5, 0.6) is 0 Å². The third-order valence-corrected chi connectivity index (χ3v) is 3.48. The summed E-state index contributed by atoms with van der Waals surface area (Å²) in [5.74, 6) is -0.166. The highest BCUT2D eigenvalue weighted by Crippen LogP contribution is 2.18. The van der Waals surface area contributed by atoms with Crippen LogP contribution in [0.3, 0.4) is 0 Å². The minimum atomic E-state index is -0.195. The lowest BCUT2D eigenvalue weighted by atomic mass is 10.3. The maximum absolute atomic E-state index is 11.7. The summed E-state index contributed by atoms with van der Waals surface area (Å²) in [6, 6.07) is 7.75. The van der Waals surface area contributed by atoms with Gasteiger partial charge >= 0.3 is 0 Å². The molecular weight excluding hydrogens is 288 g/mol. The largest absolute Gasteiger partial charge is 0.352 e. The molecule has 0 bridgehead atoms. The second kappa shape index (κ2) is 7.12. The fraction of sp³-hybridized carbons (Fsp3) is 0.357. The number of H-pyrrole nitrogens is 1. The first kappa shape index (κ1) is 15.4. The maximum atomic E-state index is 11.7. The van der Waals surface area contributed by atoms with Gasteiger partial charge in [-0.05, 0) is 26.0 Å². The van der Waals surface area contributed by atoms with E-state index in [1.54, 1.807) is 0 Å². The molecule has 0 saturated heterocycles. The van der Waals surface area contributed by atoms with Gasteiger partial charge in [0, 0.05) is 6.04 Å². The summed E-state index contributed by atoms with van der Waals surface area (Å²) < 4.78 is 0.